The summed E-state index contributed by atoms with van der Waals surface area (Å²) >= 11 is 0. The molecule has 1 atom stereocenters. The Bertz CT molecular complexity index is 457. The lowest BCUT2D eigenvalue weighted by Crippen LogP contribution is -2.36. The first kappa shape index (κ1) is 20.3. The molecule has 0 spiro atoms. The molecule has 23 heavy (non-hydrogen) atoms. The van der Waals surface area contributed by atoms with Crippen LogP contribution in [0.5, 0.6) is 5.75 Å². The molecule has 3 nitrogen and oxygen atoms in total. The van der Waals surface area contributed by atoms with Gasteiger partial charge in [0.1, 0.15) is 18.5 Å². The number of ether oxygens (including phenoxy) is 1. The topological polar surface area (TPSA) is 32.7 Å². The SMILES string of the molecule is Cc1ccc(C(C)C)c(OCC(O)CN2CCCCCC2)c1.Cl. The molecular weight excluding hydrogens is 310 g/mol. The average molecular weight is 342 g/mol. The van der Waals surface area contributed by atoms with E-state index in [4.69, 9.17) is 4.74 Å². The number of aryl methyl sites for hydroxylation is 1. The van der Waals surface area contributed by atoms with Gasteiger partial charge in [-0.2, -0.15) is 0 Å². The van der Waals surface area contributed by atoms with E-state index in [2.05, 4.69) is 43.9 Å². The highest BCUT2D eigenvalue weighted by atomic mass is 35.5. The molecule has 4 heteroatoms. The highest BCUT2D eigenvalue weighted by Crippen LogP contribution is 2.27. The van der Waals surface area contributed by atoms with Crippen molar-refractivity contribution in [2.24, 2.45) is 0 Å². The molecule has 1 heterocycles. The molecule has 0 amide bonds. The third kappa shape index (κ3) is 6.70. The van der Waals surface area contributed by atoms with Crippen molar-refractivity contribution in [1.29, 1.82) is 0 Å². The molecular formula is C19H32ClNO2. The smallest absolute Gasteiger partial charge is 0.123 e. The molecule has 132 valence electrons. The van der Waals surface area contributed by atoms with E-state index in [-0.39, 0.29) is 12.4 Å². The maximum absolute atomic E-state index is 10.3. The molecule has 1 aromatic rings. The first-order valence-corrected chi connectivity index (χ1v) is 8.70. The number of benzene rings is 1. The molecule has 0 bridgehead atoms. The molecule has 1 aliphatic heterocycles. The maximum Gasteiger partial charge on any atom is 0.123 e. The molecule has 1 N–H and O–H groups in total. The van der Waals surface area contributed by atoms with E-state index in [1.807, 2.05) is 0 Å². The van der Waals surface area contributed by atoms with Gasteiger partial charge < -0.3 is 14.7 Å². The van der Waals surface area contributed by atoms with Crippen LogP contribution in [0.15, 0.2) is 18.2 Å². The lowest BCUT2D eigenvalue weighted by Gasteiger charge is -2.24. The largest absolute Gasteiger partial charge is 0.491 e. The summed E-state index contributed by atoms with van der Waals surface area (Å²) in [6.45, 7) is 9.74. The van der Waals surface area contributed by atoms with Crippen LogP contribution in [0.2, 0.25) is 0 Å². The van der Waals surface area contributed by atoms with Gasteiger partial charge in [-0.15, -0.1) is 12.4 Å². The highest BCUT2D eigenvalue weighted by molar-refractivity contribution is 5.85. The Kier molecular flexibility index (Phi) is 8.96. The zero-order valence-electron chi connectivity index (χ0n) is 14.8. The van der Waals surface area contributed by atoms with Gasteiger partial charge >= 0.3 is 0 Å². The molecule has 2 rings (SSSR count). The molecule has 1 saturated heterocycles. The fraction of sp³-hybridized carbons (Fsp3) is 0.684. The number of hydrogen-bond donors (Lipinski definition) is 1. The Morgan fingerprint density at radius 1 is 1.13 bits per heavy atom. The predicted octanol–water partition coefficient (Wildman–Crippen LogP) is 4.16. The van der Waals surface area contributed by atoms with Crippen LogP contribution in [0, 0.1) is 6.92 Å². The fourth-order valence-corrected chi connectivity index (χ4v) is 3.10. The minimum atomic E-state index is -0.418. The fourth-order valence-electron chi connectivity index (χ4n) is 3.10. The van der Waals surface area contributed by atoms with Gasteiger partial charge in [0.05, 0.1) is 0 Å². The summed E-state index contributed by atoms with van der Waals surface area (Å²) in [4.78, 5) is 2.38. The number of aliphatic hydroxyl groups is 1. The van der Waals surface area contributed by atoms with Crippen LogP contribution in [0.25, 0.3) is 0 Å². The van der Waals surface area contributed by atoms with Crippen LogP contribution in [0.4, 0.5) is 0 Å². The van der Waals surface area contributed by atoms with Gasteiger partial charge in [-0.1, -0.05) is 38.8 Å². The average Bonchev–Trinajstić information content (AvgIpc) is 2.73. The Morgan fingerprint density at radius 3 is 2.39 bits per heavy atom. The van der Waals surface area contributed by atoms with Crippen LogP contribution in [0.1, 0.15) is 56.6 Å². The van der Waals surface area contributed by atoms with Crippen molar-refractivity contribution in [3.63, 3.8) is 0 Å². The number of aliphatic hydroxyl groups excluding tert-OH is 1. The zero-order chi connectivity index (χ0) is 15.9. The van der Waals surface area contributed by atoms with Crippen molar-refractivity contribution < 1.29 is 9.84 Å². The third-order valence-corrected chi connectivity index (χ3v) is 4.39. The van der Waals surface area contributed by atoms with E-state index >= 15 is 0 Å². The van der Waals surface area contributed by atoms with Crippen LogP contribution < -0.4 is 4.74 Å². The van der Waals surface area contributed by atoms with Crippen LogP contribution in [0.3, 0.4) is 0 Å². The first-order valence-electron chi connectivity index (χ1n) is 8.70. The predicted molar refractivity (Wildman–Crippen MR) is 98.9 cm³/mol. The Labute approximate surface area is 147 Å². The van der Waals surface area contributed by atoms with E-state index in [1.54, 1.807) is 0 Å². The number of likely N-dealkylation sites (tertiary alicyclic amines) is 1. The van der Waals surface area contributed by atoms with E-state index in [0.29, 0.717) is 12.5 Å². The molecule has 0 aliphatic carbocycles. The lowest BCUT2D eigenvalue weighted by atomic mass is 10.0. The van der Waals surface area contributed by atoms with Crippen molar-refractivity contribution in [1.82, 2.24) is 4.90 Å². The molecule has 0 aromatic heterocycles. The highest BCUT2D eigenvalue weighted by Gasteiger charge is 2.15. The molecule has 0 radical (unpaired) electrons. The summed E-state index contributed by atoms with van der Waals surface area (Å²) in [7, 11) is 0. The van der Waals surface area contributed by atoms with Gasteiger partial charge in [0.25, 0.3) is 0 Å². The second-order valence-electron chi connectivity index (χ2n) is 6.88. The van der Waals surface area contributed by atoms with E-state index in [0.717, 1.165) is 25.4 Å². The number of hydrogen-bond acceptors (Lipinski definition) is 3. The molecule has 1 fully saturated rings. The Morgan fingerprint density at radius 2 is 1.78 bits per heavy atom. The lowest BCUT2D eigenvalue weighted by molar-refractivity contribution is 0.0689. The van der Waals surface area contributed by atoms with Gasteiger partial charge in [0, 0.05) is 6.54 Å². The van der Waals surface area contributed by atoms with Crippen molar-refractivity contribution in [2.75, 3.05) is 26.2 Å². The molecule has 0 saturated carbocycles. The number of rotatable bonds is 6. The summed E-state index contributed by atoms with van der Waals surface area (Å²) < 4.78 is 5.94. The molecule has 1 aliphatic rings. The number of halogens is 1. The monoisotopic (exact) mass is 341 g/mol. The summed E-state index contributed by atoms with van der Waals surface area (Å²) in [5.41, 5.74) is 2.41. The Hall–Kier alpha value is -0.770. The minimum absolute atomic E-state index is 0. The van der Waals surface area contributed by atoms with E-state index in [1.165, 1.54) is 36.8 Å². The standard InChI is InChI=1S/C19H31NO2.ClH/c1-15(2)18-9-8-16(3)12-19(18)22-14-17(21)13-20-10-6-4-5-7-11-20;/h8-9,12,15,17,21H,4-7,10-11,13-14H2,1-3H3;1H. The summed E-state index contributed by atoms with van der Waals surface area (Å²) in [6.07, 6.45) is 4.74. The van der Waals surface area contributed by atoms with Crippen molar-refractivity contribution in [3.05, 3.63) is 29.3 Å². The summed E-state index contributed by atoms with van der Waals surface area (Å²) in [6, 6.07) is 6.33. The van der Waals surface area contributed by atoms with Gasteiger partial charge in [-0.3, -0.25) is 0 Å². The first-order chi connectivity index (χ1) is 10.6. The third-order valence-electron chi connectivity index (χ3n) is 4.39. The zero-order valence-corrected chi connectivity index (χ0v) is 15.6. The van der Waals surface area contributed by atoms with Gasteiger partial charge in [0.2, 0.25) is 0 Å². The quantitative estimate of drug-likeness (QED) is 0.843. The van der Waals surface area contributed by atoms with E-state index < -0.39 is 6.10 Å². The number of nitrogens with zero attached hydrogens (tertiary/aromatic N) is 1. The normalized spacial score (nSPS) is 17.4. The van der Waals surface area contributed by atoms with Crippen LogP contribution >= 0.6 is 12.4 Å². The minimum Gasteiger partial charge on any atom is -0.491 e. The summed E-state index contributed by atoms with van der Waals surface area (Å²) in [5, 5.41) is 10.3. The van der Waals surface area contributed by atoms with Crippen molar-refractivity contribution in [3.8, 4) is 5.75 Å². The van der Waals surface area contributed by atoms with Gasteiger partial charge in [0.15, 0.2) is 0 Å². The van der Waals surface area contributed by atoms with Crippen LogP contribution in [-0.2, 0) is 0 Å². The second kappa shape index (κ2) is 10.2. The maximum atomic E-state index is 10.3. The van der Waals surface area contributed by atoms with Gasteiger partial charge in [-0.25, -0.2) is 0 Å². The molecule has 1 unspecified atom stereocenters. The van der Waals surface area contributed by atoms with Crippen molar-refractivity contribution in [2.45, 2.75) is 58.5 Å². The van der Waals surface area contributed by atoms with Crippen LogP contribution in [-0.4, -0.2) is 42.4 Å². The second-order valence-corrected chi connectivity index (χ2v) is 6.88. The van der Waals surface area contributed by atoms with Gasteiger partial charge in [-0.05, 0) is 56.0 Å². The Balaban J connectivity index is 0.00000264. The number of β-amino-alcohol motifs (C(OH)–C–C–N with tert-alkyl or cyclic N) is 1. The van der Waals surface area contributed by atoms with E-state index in [9.17, 15) is 5.11 Å². The van der Waals surface area contributed by atoms with Crippen molar-refractivity contribution >= 4 is 12.4 Å². The summed E-state index contributed by atoms with van der Waals surface area (Å²) in [5.74, 6) is 1.35. The molecule has 1 aromatic carbocycles.